The lowest BCUT2D eigenvalue weighted by Crippen LogP contribution is -3.10. The number of hydrogen-bond donors (Lipinski definition) is 1. The molecule has 1 N–H and O–H groups in total. The van der Waals surface area contributed by atoms with Gasteiger partial charge in [-0.15, -0.1) is 0 Å². The second-order valence-corrected chi connectivity index (χ2v) is 6.32. The number of benzene rings is 2. The predicted molar refractivity (Wildman–Crippen MR) is 79.9 cm³/mol. The Morgan fingerprint density at radius 1 is 1.14 bits per heavy atom. The molecule has 2 heterocycles. The summed E-state index contributed by atoms with van der Waals surface area (Å²) in [5.74, 6) is 1.89. The third-order valence-corrected chi connectivity index (χ3v) is 5.23. The highest BCUT2D eigenvalue weighted by Crippen LogP contribution is 2.51. The SMILES string of the molecule is C[NH+]1CCc2cc3c(c4c2[C@H]1Cc1ccccc1-4)OCO3. The van der Waals surface area contributed by atoms with Gasteiger partial charge >= 0.3 is 0 Å². The molecule has 1 unspecified atom stereocenters. The quantitative estimate of drug-likeness (QED) is 0.794. The maximum absolute atomic E-state index is 5.83. The van der Waals surface area contributed by atoms with E-state index in [-0.39, 0.29) is 0 Å². The van der Waals surface area contributed by atoms with Crippen molar-refractivity contribution in [2.75, 3.05) is 20.4 Å². The Labute approximate surface area is 124 Å². The van der Waals surface area contributed by atoms with Crippen molar-refractivity contribution in [2.24, 2.45) is 0 Å². The van der Waals surface area contributed by atoms with Crippen molar-refractivity contribution in [2.45, 2.75) is 18.9 Å². The third kappa shape index (κ3) is 1.47. The van der Waals surface area contributed by atoms with Gasteiger partial charge in [-0.1, -0.05) is 24.3 Å². The van der Waals surface area contributed by atoms with E-state index < -0.39 is 0 Å². The van der Waals surface area contributed by atoms with Crippen LogP contribution in [0.1, 0.15) is 22.7 Å². The molecule has 2 aliphatic heterocycles. The highest BCUT2D eigenvalue weighted by atomic mass is 16.7. The molecule has 0 saturated heterocycles. The summed E-state index contributed by atoms with van der Waals surface area (Å²) in [4.78, 5) is 1.61. The highest BCUT2D eigenvalue weighted by Gasteiger charge is 2.39. The molecule has 3 aliphatic rings. The van der Waals surface area contributed by atoms with E-state index in [4.69, 9.17) is 9.47 Å². The van der Waals surface area contributed by atoms with Gasteiger partial charge in [-0.25, -0.2) is 0 Å². The fourth-order valence-electron chi connectivity index (χ4n) is 4.17. The molecule has 3 nitrogen and oxygen atoms in total. The average molecular weight is 280 g/mol. The van der Waals surface area contributed by atoms with Crippen LogP contribution in [0.2, 0.25) is 0 Å². The van der Waals surface area contributed by atoms with Crippen molar-refractivity contribution in [1.82, 2.24) is 0 Å². The molecule has 0 bridgehead atoms. The summed E-state index contributed by atoms with van der Waals surface area (Å²) in [6, 6.07) is 11.5. The molecule has 21 heavy (non-hydrogen) atoms. The molecule has 0 aromatic heterocycles. The number of ether oxygens (including phenoxy) is 2. The number of likely N-dealkylation sites (N-methyl/N-ethyl adjacent to an activating group) is 1. The summed E-state index contributed by atoms with van der Waals surface area (Å²) in [6.45, 7) is 1.54. The summed E-state index contributed by atoms with van der Waals surface area (Å²) in [6.07, 6.45) is 2.26. The molecule has 0 spiro atoms. The molecule has 2 aromatic carbocycles. The van der Waals surface area contributed by atoms with Gasteiger partial charge in [0, 0.05) is 24.0 Å². The minimum absolute atomic E-state index is 0.348. The molecule has 0 radical (unpaired) electrons. The molecule has 0 amide bonds. The van der Waals surface area contributed by atoms with Gasteiger partial charge in [0.05, 0.1) is 13.6 Å². The zero-order valence-corrected chi connectivity index (χ0v) is 12.1. The van der Waals surface area contributed by atoms with Crippen molar-refractivity contribution < 1.29 is 14.4 Å². The van der Waals surface area contributed by atoms with Crippen molar-refractivity contribution in [3.8, 4) is 22.6 Å². The van der Waals surface area contributed by atoms with Crippen LogP contribution in [0.5, 0.6) is 11.5 Å². The van der Waals surface area contributed by atoms with Gasteiger partial charge in [0.1, 0.15) is 6.04 Å². The Bertz CT molecular complexity index is 753. The lowest BCUT2D eigenvalue weighted by molar-refractivity contribution is -0.914. The van der Waals surface area contributed by atoms with E-state index in [1.54, 1.807) is 4.90 Å². The van der Waals surface area contributed by atoms with Crippen LogP contribution in [0.3, 0.4) is 0 Å². The zero-order chi connectivity index (χ0) is 14.0. The molecule has 3 heteroatoms. The van der Waals surface area contributed by atoms with E-state index in [0.717, 1.165) is 24.3 Å². The summed E-state index contributed by atoms with van der Waals surface area (Å²) < 4.78 is 11.5. The Morgan fingerprint density at radius 3 is 3.00 bits per heavy atom. The standard InChI is InChI=1S/C18H17NO2/c1-19-7-6-12-9-15-18(21-10-20-15)17-13-5-3-2-4-11(13)8-14(19)16(12)17/h2-5,9,14H,6-8,10H2,1H3/p+1/t14-/m1/s1. The normalized spacial score (nSPS) is 24.4. The second kappa shape index (κ2) is 4.01. The Balaban J connectivity index is 1.89. The fraction of sp³-hybridized carbons (Fsp3) is 0.333. The van der Waals surface area contributed by atoms with Gasteiger partial charge in [-0.2, -0.15) is 0 Å². The third-order valence-electron chi connectivity index (χ3n) is 5.23. The summed E-state index contributed by atoms with van der Waals surface area (Å²) in [5.41, 5.74) is 7.03. The van der Waals surface area contributed by atoms with E-state index in [1.165, 1.54) is 34.4 Å². The van der Waals surface area contributed by atoms with Crippen LogP contribution in [0, 0.1) is 0 Å². The average Bonchev–Trinajstić information content (AvgIpc) is 2.98. The van der Waals surface area contributed by atoms with E-state index in [0.29, 0.717) is 12.8 Å². The van der Waals surface area contributed by atoms with Crippen LogP contribution >= 0.6 is 0 Å². The first kappa shape index (κ1) is 11.6. The van der Waals surface area contributed by atoms with Crippen molar-refractivity contribution >= 4 is 0 Å². The maximum atomic E-state index is 5.83. The van der Waals surface area contributed by atoms with Crippen LogP contribution in [0.4, 0.5) is 0 Å². The number of quaternary nitrogens is 1. The minimum atomic E-state index is 0.348. The molecule has 0 saturated carbocycles. The highest BCUT2D eigenvalue weighted by molar-refractivity contribution is 5.83. The molecule has 2 aromatic rings. The smallest absolute Gasteiger partial charge is 0.231 e. The molecular formula is C18H18NO2+. The Morgan fingerprint density at radius 2 is 2.05 bits per heavy atom. The number of fused-ring (bicyclic) bond motifs is 4. The molecule has 1 aliphatic carbocycles. The van der Waals surface area contributed by atoms with E-state index >= 15 is 0 Å². The first-order valence-corrected chi connectivity index (χ1v) is 7.69. The van der Waals surface area contributed by atoms with Gasteiger partial charge in [-0.05, 0) is 22.8 Å². The molecule has 106 valence electrons. The van der Waals surface area contributed by atoms with Crippen LogP contribution in [0.15, 0.2) is 30.3 Å². The van der Waals surface area contributed by atoms with E-state index in [9.17, 15) is 0 Å². The Hall–Kier alpha value is -2.00. The zero-order valence-electron chi connectivity index (χ0n) is 12.1. The van der Waals surface area contributed by atoms with Crippen LogP contribution in [-0.4, -0.2) is 20.4 Å². The summed E-state index contributed by atoms with van der Waals surface area (Å²) >= 11 is 0. The second-order valence-electron chi connectivity index (χ2n) is 6.32. The van der Waals surface area contributed by atoms with Gasteiger partial charge in [-0.3, -0.25) is 0 Å². The first-order chi connectivity index (χ1) is 10.3. The summed E-state index contributed by atoms with van der Waals surface area (Å²) in [7, 11) is 2.32. The largest absolute Gasteiger partial charge is 0.454 e. The van der Waals surface area contributed by atoms with Gasteiger partial charge in [0.15, 0.2) is 11.5 Å². The van der Waals surface area contributed by atoms with E-state index in [1.807, 2.05) is 0 Å². The van der Waals surface area contributed by atoms with Gasteiger partial charge in [0.25, 0.3) is 0 Å². The summed E-state index contributed by atoms with van der Waals surface area (Å²) in [5, 5.41) is 0. The number of nitrogens with one attached hydrogen (secondary N) is 1. The monoisotopic (exact) mass is 280 g/mol. The van der Waals surface area contributed by atoms with Crippen LogP contribution in [-0.2, 0) is 12.8 Å². The minimum Gasteiger partial charge on any atom is -0.454 e. The van der Waals surface area contributed by atoms with Gasteiger partial charge < -0.3 is 14.4 Å². The van der Waals surface area contributed by atoms with Crippen LogP contribution in [0.25, 0.3) is 11.1 Å². The maximum Gasteiger partial charge on any atom is 0.231 e. The number of hydrogen-bond acceptors (Lipinski definition) is 2. The fourth-order valence-corrected chi connectivity index (χ4v) is 4.17. The molecule has 5 rings (SSSR count). The predicted octanol–water partition coefficient (Wildman–Crippen LogP) is 1.75. The Kier molecular flexibility index (Phi) is 2.22. The lowest BCUT2D eigenvalue weighted by atomic mass is 9.76. The molecule has 2 atom stereocenters. The van der Waals surface area contributed by atoms with Gasteiger partial charge in [0.2, 0.25) is 6.79 Å². The number of rotatable bonds is 0. The van der Waals surface area contributed by atoms with Crippen molar-refractivity contribution in [3.63, 3.8) is 0 Å². The molecule has 0 fully saturated rings. The lowest BCUT2D eigenvalue weighted by Gasteiger charge is -2.37. The topological polar surface area (TPSA) is 22.9 Å². The van der Waals surface area contributed by atoms with Crippen LogP contribution < -0.4 is 14.4 Å². The first-order valence-electron chi connectivity index (χ1n) is 7.69. The van der Waals surface area contributed by atoms with E-state index in [2.05, 4.69) is 37.4 Å². The van der Waals surface area contributed by atoms with Crippen molar-refractivity contribution in [3.05, 3.63) is 47.0 Å². The molecular weight excluding hydrogens is 262 g/mol. The van der Waals surface area contributed by atoms with Crippen molar-refractivity contribution in [1.29, 1.82) is 0 Å².